The zero-order valence-electron chi connectivity index (χ0n) is 19.0. The van der Waals surface area contributed by atoms with Crippen molar-refractivity contribution in [1.29, 1.82) is 0 Å². The van der Waals surface area contributed by atoms with Crippen molar-refractivity contribution < 1.29 is 12.8 Å². The minimum absolute atomic E-state index is 0.105. The van der Waals surface area contributed by atoms with Gasteiger partial charge in [0.15, 0.2) is 0 Å². The average Bonchev–Trinajstić information content (AvgIpc) is 3.18. The zero-order chi connectivity index (χ0) is 23.7. The molecule has 1 aliphatic rings. The Labute approximate surface area is 199 Å². The summed E-state index contributed by atoms with van der Waals surface area (Å²) in [6, 6.07) is 21.5. The van der Waals surface area contributed by atoms with E-state index in [2.05, 4.69) is 9.88 Å². The summed E-state index contributed by atoms with van der Waals surface area (Å²) in [6.07, 6.45) is 1.37. The Bertz CT molecular complexity index is 1390. The molecule has 1 saturated heterocycles. The molecule has 0 saturated carbocycles. The Morgan fingerprint density at radius 1 is 0.971 bits per heavy atom. The quantitative estimate of drug-likeness (QED) is 0.432. The topological polar surface area (TPSA) is 67.2 Å². The van der Waals surface area contributed by atoms with Gasteiger partial charge in [-0.25, -0.2) is 17.8 Å². The number of piperidine rings is 1. The number of imidazole rings is 1. The van der Waals surface area contributed by atoms with Crippen LogP contribution in [0.2, 0.25) is 0 Å². The first-order valence-electron chi connectivity index (χ1n) is 11.4. The summed E-state index contributed by atoms with van der Waals surface area (Å²) in [5.74, 6) is 0.482. The van der Waals surface area contributed by atoms with Gasteiger partial charge in [-0.3, -0.25) is 0 Å². The number of halogens is 1. The maximum Gasteiger partial charge on any atom is 0.243 e. The Morgan fingerprint density at radius 3 is 2.35 bits per heavy atom. The first-order chi connectivity index (χ1) is 16.4. The van der Waals surface area contributed by atoms with Crippen LogP contribution >= 0.6 is 0 Å². The van der Waals surface area contributed by atoms with E-state index in [0.29, 0.717) is 37.4 Å². The fraction of sp³-hybridized carbons (Fsp3) is 0.269. The molecule has 2 heterocycles. The molecular weight excluding hydrogens is 451 g/mol. The number of nitrogens with one attached hydrogen (secondary N) is 1. The fourth-order valence-corrected chi connectivity index (χ4v) is 5.87. The lowest BCUT2D eigenvalue weighted by Gasteiger charge is -2.32. The number of hydrogen-bond donors (Lipinski definition) is 1. The standard InChI is InChI=1S/C26H27FN4O2S/c1-19-6-12-23(13-7-19)34(32,33)30-16-14-22(15-17-30)28-26-29-24-4-2-3-5-25(24)31(26)18-20-8-10-21(27)11-9-20/h2-13,22H,14-18H2,1H3,(H,28,29). The number of anilines is 1. The third kappa shape index (κ3) is 4.56. The van der Waals surface area contributed by atoms with Gasteiger partial charge in [0.25, 0.3) is 0 Å². The first kappa shape index (κ1) is 22.6. The van der Waals surface area contributed by atoms with Crippen molar-refractivity contribution in [2.45, 2.75) is 37.2 Å². The van der Waals surface area contributed by atoms with Gasteiger partial charge < -0.3 is 9.88 Å². The molecular formula is C26H27FN4O2S. The van der Waals surface area contributed by atoms with E-state index in [4.69, 9.17) is 4.98 Å². The molecule has 1 fully saturated rings. The van der Waals surface area contributed by atoms with E-state index in [1.54, 1.807) is 28.6 Å². The van der Waals surface area contributed by atoms with Crippen LogP contribution in [-0.2, 0) is 16.6 Å². The average molecular weight is 479 g/mol. The van der Waals surface area contributed by atoms with E-state index in [9.17, 15) is 12.8 Å². The van der Waals surface area contributed by atoms with Crippen LogP contribution < -0.4 is 5.32 Å². The van der Waals surface area contributed by atoms with Crippen LogP contribution in [0.25, 0.3) is 11.0 Å². The molecule has 1 aliphatic heterocycles. The predicted octanol–water partition coefficient (Wildman–Crippen LogP) is 4.80. The van der Waals surface area contributed by atoms with Gasteiger partial charge in [0.2, 0.25) is 16.0 Å². The molecule has 0 atom stereocenters. The molecule has 4 aromatic rings. The van der Waals surface area contributed by atoms with Crippen LogP contribution in [0.1, 0.15) is 24.0 Å². The van der Waals surface area contributed by atoms with Crippen LogP contribution in [0.3, 0.4) is 0 Å². The highest BCUT2D eigenvalue weighted by Crippen LogP contribution is 2.26. The third-order valence-corrected chi connectivity index (χ3v) is 8.27. The van der Waals surface area contributed by atoms with Gasteiger partial charge >= 0.3 is 0 Å². The summed E-state index contributed by atoms with van der Waals surface area (Å²) >= 11 is 0. The molecule has 1 N–H and O–H groups in total. The molecule has 176 valence electrons. The van der Waals surface area contributed by atoms with E-state index >= 15 is 0 Å². The monoisotopic (exact) mass is 478 g/mol. The Kier molecular flexibility index (Phi) is 6.10. The van der Waals surface area contributed by atoms with E-state index in [-0.39, 0.29) is 11.9 Å². The summed E-state index contributed by atoms with van der Waals surface area (Å²) in [7, 11) is -3.49. The van der Waals surface area contributed by atoms with Gasteiger partial charge in [0.05, 0.1) is 22.5 Å². The van der Waals surface area contributed by atoms with Crippen LogP contribution in [0.15, 0.2) is 77.7 Å². The summed E-state index contributed by atoms with van der Waals surface area (Å²) in [4.78, 5) is 5.13. The van der Waals surface area contributed by atoms with E-state index < -0.39 is 10.0 Å². The Hall–Kier alpha value is -3.23. The summed E-state index contributed by atoms with van der Waals surface area (Å²) < 4.78 is 43.1. The third-order valence-electron chi connectivity index (χ3n) is 6.35. The number of hydrogen-bond acceptors (Lipinski definition) is 4. The van der Waals surface area contributed by atoms with Gasteiger partial charge in [-0.1, -0.05) is 42.0 Å². The molecule has 0 bridgehead atoms. The molecule has 0 aliphatic carbocycles. The molecule has 1 aromatic heterocycles. The van der Waals surface area contributed by atoms with Gasteiger partial charge in [0, 0.05) is 19.1 Å². The second-order valence-electron chi connectivity index (χ2n) is 8.77. The number of nitrogens with zero attached hydrogens (tertiary/aromatic N) is 3. The van der Waals surface area contributed by atoms with Crippen molar-refractivity contribution in [3.63, 3.8) is 0 Å². The molecule has 34 heavy (non-hydrogen) atoms. The smallest absolute Gasteiger partial charge is 0.243 e. The largest absolute Gasteiger partial charge is 0.353 e. The number of benzene rings is 3. The number of aromatic nitrogens is 2. The maximum atomic E-state index is 13.4. The van der Waals surface area contributed by atoms with Crippen LogP contribution in [0.4, 0.5) is 10.3 Å². The first-order valence-corrected chi connectivity index (χ1v) is 12.9. The highest BCUT2D eigenvalue weighted by Gasteiger charge is 2.30. The van der Waals surface area contributed by atoms with Crippen molar-refractivity contribution in [2.24, 2.45) is 0 Å². The highest BCUT2D eigenvalue weighted by atomic mass is 32.2. The second kappa shape index (κ2) is 9.19. The van der Waals surface area contributed by atoms with Gasteiger partial charge in [-0.05, 0) is 61.7 Å². The predicted molar refractivity (Wildman–Crippen MR) is 132 cm³/mol. The SMILES string of the molecule is Cc1ccc(S(=O)(=O)N2CCC(Nc3nc4ccccc4n3Cc3ccc(F)cc3)CC2)cc1. The molecule has 0 unspecified atom stereocenters. The minimum atomic E-state index is -3.49. The number of fused-ring (bicyclic) bond motifs is 1. The number of para-hydroxylation sites is 2. The van der Waals surface area contributed by atoms with Crippen molar-refractivity contribution in [2.75, 3.05) is 18.4 Å². The number of aryl methyl sites for hydroxylation is 1. The number of sulfonamides is 1. The van der Waals surface area contributed by atoms with Gasteiger partial charge in [-0.2, -0.15) is 4.31 Å². The van der Waals surface area contributed by atoms with Crippen LogP contribution in [0, 0.1) is 12.7 Å². The van der Waals surface area contributed by atoms with Crippen molar-refractivity contribution in [1.82, 2.24) is 13.9 Å². The molecule has 8 heteroatoms. The van der Waals surface area contributed by atoms with E-state index in [0.717, 1.165) is 28.1 Å². The fourth-order valence-electron chi connectivity index (χ4n) is 4.40. The maximum absolute atomic E-state index is 13.4. The Morgan fingerprint density at radius 2 is 1.65 bits per heavy atom. The van der Waals surface area contributed by atoms with Crippen molar-refractivity contribution >= 4 is 27.0 Å². The number of rotatable bonds is 6. The molecule has 0 radical (unpaired) electrons. The van der Waals surface area contributed by atoms with E-state index in [1.165, 1.54) is 12.1 Å². The normalized spacial score (nSPS) is 15.6. The minimum Gasteiger partial charge on any atom is -0.353 e. The molecule has 3 aromatic carbocycles. The lowest BCUT2D eigenvalue weighted by Crippen LogP contribution is -2.42. The van der Waals surface area contributed by atoms with Crippen LogP contribution in [-0.4, -0.2) is 41.4 Å². The summed E-state index contributed by atoms with van der Waals surface area (Å²) in [6.45, 7) is 3.40. The van der Waals surface area contributed by atoms with Gasteiger partial charge in [-0.15, -0.1) is 0 Å². The second-order valence-corrected chi connectivity index (χ2v) is 10.7. The molecule has 0 amide bonds. The van der Waals surface area contributed by atoms with Crippen molar-refractivity contribution in [3.05, 3.63) is 89.7 Å². The highest BCUT2D eigenvalue weighted by molar-refractivity contribution is 7.89. The summed E-state index contributed by atoms with van der Waals surface area (Å²) in [5, 5.41) is 3.55. The van der Waals surface area contributed by atoms with Gasteiger partial charge in [0.1, 0.15) is 5.82 Å². The molecule has 5 rings (SSSR count). The lowest BCUT2D eigenvalue weighted by molar-refractivity contribution is 0.329. The van der Waals surface area contributed by atoms with Crippen LogP contribution in [0.5, 0.6) is 0 Å². The summed E-state index contributed by atoms with van der Waals surface area (Å²) in [5.41, 5.74) is 3.89. The Balaban J connectivity index is 1.32. The zero-order valence-corrected chi connectivity index (χ0v) is 19.8. The molecule has 0 spiro atoms. The lowest BCUT2D eigenvalue weighted by atomic mass is 10.1. The van der Waals surface area contributed by atoms with Crippen molar-refractivity contribution in [3.8, 4) is 0 Å². The molecule has 6 nitrogen and oxygen atoms in total. The van der Waals surface area contributed by atoms with E-state index in [1.807, 2.05) is 43.3 Å².